The van der Waals surface area contributed by atoms with Gasteiger partial charge in [0.05, 0.1) is 18.1 Å². The van der Waals surface area contributed by atoms with Crippen LogP contribution in [0.25, 0.3) is 0 Å². The van der Waals surface area contributed by atoms with E-state index in [-0.39, 0.29) is 10.8 Å². The maximum absolute atomic E-state index is 12.8. The number of nitrogens with one attached hydrogen (secondary N) is 1. The Labute approximate surface area is 184 Å². The van der Waals surface area contributed by atoms with Crippen LogP contribution in [-0.4, -0.2) is 64.6 Å². The molecule has 0 unspecified atom stereocenters. The highest BCUT2D eigenvalue weighted by Crippen LogP contribution is 2.26. The third-order valence-electron chi connectivity index (χ3n) is 5.80. The first-order valence-electron chi connectivity index (χ1n) is 10.8. The fourth-order valence-electron chi connectivity index (χ4n) is 4.15. The van der Waals surface area contributed by atoms with Gasteiger partial charge >= 0.3 is 0 Å². The number of benzene rings is 2. The topological polar surface area (TPSA) is 79.0 Å². The van der Waals surface area contributed by atoms with Gasteiger partial charge in [0.2, 0.25) is 10.0 Å². The van der Waals surface area contributed by atoms with Crippen molar-refractivity contribution in [1.29, 1.82) is 0 Å². The number of sulfonamides is 1. The minimum absolute atomic E-state index is 0.145. The fraction of sp³-hybridized carbons (Fsp3) is 0.435. The summed E-state index contributed by atoms with van der Waals surface area (Å²) in [5.41, 5.74) is 3.04. The number of rotatable bonds is 7. The van der Waals surface area contributed by atoms with Crippen LogP contribution in [0.2, 0.25) is 0 Å². The lowest BCUT2D eigenvalue weighted by molar-refractivity contribution is 0.0730. The molecule has 31 heavy (non-hydrogen) atoms. The molecule has 8 heteroatoms. The van der Waals surface area contributed by atoms with E-state index >= 15 is 0 Å². The summed E-state index contributed by atoms with van der Waals surface area (Å²) in [6.45, 7) is 3.89. The molecule has 0 radical (unpaired) electrons. The number of ether oxygens (including phenoxy) is 1. The van der Waals surface area contributed by atoms with Crippen molar-refractivity contribution in [3.05, 3.63) is 59.7 Å². The van der Waals surface area contributed by atoms with Crippen LogP contribution in [0.5, 0.6) is 0 Å². The minimum atomic E-state index is -3.62. The Bertz CT molecular complexity index is 1020. The molecule has 0 aromatic heterocycles. The smallest absolute Gasteiger partial charge is 0.251 e. The van der Waals surface area contributed by atoms with Crippen molar-refractivity contribution in [2.24, 2.45) is 0 Å². The molecule has 1 saturated heterocycles. The molecule has 0 saturated carbocycles. The fourth-order valence-corrected chi connectivity index (χ4v) is 5.61. The van der Waals surface area contributed by atoms with Crippen molar-refractivity contribution in [3.63, 3.8) is 0 Å². The molecule has 166 valence electrons. The lowest BCUT2D eigenvalue weighted by Gasteiger charge is -2.31. The predicted octanol–water partition coefficient (Wildman–Crippen LogP) is 2.28. The second-order valence-corrected chi connectivity index (χ2v) is 9.81. The number of fused-ring (bicyclic) bond motifs is 1. The number of aryl methyl sites for hydroxylation is 1. The monoisotopic (exact) mass is 443 g/mol. The normalized spacial score (nSPS) is 17.2. The Morgan fingerprint density at radius 3 is 2.68 bits per heavy atom. The Morgan fingerprint density at radius 1 is 1.03 bits per heavy atom. The molecular weight excluding hydrogens is 414 g/mol. The van der Waals surface area contributed by atoms with Crippen molar-refractivity contribution in [2.75, 3.05) is 50.8 Å². The molecule has 0 atom stereocenters. The van der Waals surface area contributed by atoms with Crippen molar-refractivity contribution in [2.45, 2.75) is 24.2 Å². The van der Waals surface area contributed by atoms with E-state index in [1.54, 1.807) is 12.1 Å². The van der Waals surface area contributed by atoms with Gasteiger partial charge in [-0.25, -0.2) is 8.42 Å². The van der Waals surface area contributed by atoms with E-state index in [1.165, 1.54) is 27.7 Å². The molecule has 0 spiro atoms. The number of hydrogen-bond donors (Lipinski definition) is 1. The second-order valence-electron chi connectivity index (χ2n) is 7.87. The van der Waals surface area contributed by atoms with E-state index in [9.17, 15) is 13.2 Å². The highest BCUT2D eigenvalue weighted by Gasteiger charge is 2.26. The second kappa shape index (κ2) is 9.80. The first-order chi connectivity index (χ1) is 15.1. The van der Waals surface area contributed by atoms with E-state index in [1.807, 2.05) is 0 Å². The molecule has 1 amide bonds. The zero-order valence-electron chi connectivity index (χ0n) is 17.6. The van der Waals surface area contributed by atoms with E-state index in [0.29, 0.717) is 38.4 Å². The first kappa shape index (κ1) is 21.8. The SMILES string of the molecule is O=C(NCCCN1CCCc2ccccc21)c1cccc(S(=O)(=O)N2CCOCC2)c1. The third-order valence-corrected chi connectivity index (χ3v) is 7.70. The van der Waals surface area contributed by atoms with Crippen molar-refractivity contribution in [1.82, 2.24) is 9.62 Å². The molecule has 2 heterocycles. The Kier molecular flexibility index (Phi) is 6.89. The number of para-hydroxylation sites is 1. The molecule has 1 fully saturated rings. The summed E-state index contributed by atoms with van der Waals surface area (Å²) >= 11 is 0. The van der Waals surface area contributed by atoms with Crippen molar-refractivity contribution in [3.8, 4) is 0 Å². The molecule has 7 nitrogen and oxygen atoms in total. The van der Waals surface area contributed by atoms with Gasteiger partial charge in [-0.05, 0) is 49.1 Å². The number of carbonyl (C=O) groups is 1. The van der Waals surface area contributed by atoms with Crippen LogP contribution in [0.4, 0.5) is 5.69 Å². The highest BCUT2D eigenvalue weighted by molar-refractivity contribution is 7.89. The summed E-state index contributed by atoms with van der Waals surface area (Å²) in [4.78, 5) is 15.1. The Balaban J connectivity index is 1.32. The van der Waals surface area contributed by atoms with Crippen LogP contribution in [0.3, 0.4) is 0 Å². The van der Waals surface area contributed by atoms with Gasteiger partial charge in [-0.1, -0.05) is 24.3 Å². The standard InChI is InChI=1S/C23H29N3O4S/c27-23(24-11-5-13-25-12-4-8-19-6-1-2-10-22(19)25)20-7-3-9-21(18-20)31(28,29)26-14-16-30-17-15-26/h1-3,6-7,9-10,18H,4-5,8,11-17H2,(H,24,27). The summed E-state index contributed by atoms with van der Waals surface area (Å²) in [7, 11) is -3.62. The Hall–Kier alpha value is -2.42. The molecule has 1 N–H and O–H groups in total. The first-order valence-corrected chi connectivity index (χ1v) is 12.3. The number of anilines is 1. The largest absolute Gasteiger partial charge is 0.379 e. The molecular formula is C23H29N3O4S. The maximum atomic E-state index is 12.8. The quantitative estimate of drug-likeness (QED) is 0.665. The van der Waals surface area contributed by atoms with Gasteiger partial charge in [-0.15, -0.1) is 0 Å². The maximum Gasteiger partial charge on any atom is 0.251 e. The van der Waals surface area contributed by atoms with Gasteiger partial charge in [0, 0.05) is 44.0 Å². The lowest BCUT2D eigenvalue weighted by atomic mass is 10.0. The van der Waals surface area contributed by atoms with Gasteiger partial charge in [0.1, 0.15) is 0 Å². The number of morpholine rings is 1. The van der Waals surface area contributed by atoms with Crippen molar-refractivity contribution < 1.29 is 17.9 Å². The van der Waals surface area contributed by atoms with Crippen LogP contribution >= 0.6 is 0 Å². The van der Waals surface area contributed by atoms with Gasteiger partial charge in [0.15, 0.2) is 0 Å². The zero-order chi connectivity index (χ0) is 21.7. The lowest BCUT2D eigenvalue weighted by Crippen LogP contribution is -2.40. The van der Waals surface area contributed by atoms with Gasteiger partial charge in [-0.3, -0.25) is 4.79 Å². The van der Waals surface area contributed by atoms with E-state index in [0.717, 1.165) is 32.4 Å². The molecule has 4 rings (SSSR count). The molecule has 0 aliphatic carbocycles. The van der Waals surface area contributed by atoms with Crippen LogP contribution < -0.4 is 10.2 Å². The third kappa shape index (κ3) is 5.08. The summed E-state index contributed by atoms with van der Waals surface area (Å²) in [6, 6.07) is 14.7. The summed E-state index contributed by atoms with van der Waals surface area (Å²) in [6.07, 6.45) is 3.09. The highest BCUT2D eigenvalue weighted by atomic mass is 32.2. The van der Waals surface area contributed by atoms with Gasteiger partial charge in [0.25, 0.3) is 5.91 Å². The molecule has 2 aromatic rings. The molecule has 2 aliphatic heterocycles. The minimum Gasteiger partial charge on any atom is -0.379 e. The van der Waals surface area contributed by atoms with E-state index in [2.05, 4.69) is 34.5 Å². The average molecular weight is 444 g/mol. The number of amides is 1. The molecule has 2 aliphatic rings. The van der Waals surface area contributed by atoms with Crippen LogP contribution in [0, 0.1) is 0 Å². The molecule has 0 bridgehead atoms. The van der Waals surface area contributed by atoms with E-state index in [4.69, 9.17) is 4.74 Å². The summed E-state index contributed by atoms with van der Waals surface area (Å²) in [5, 5.41) is 2.93. The summed E-state index contributed by atoms with van der Waals surface area (Å²) in [5.74, 6) is -0.252. The number of nitrogens with zero attached hydrogens (tertiary/aromatic N) is 2. The molecule has 2 aromatic carbocycles. The number of carbonyl (C=O) groups excluding carboxylic acids is 1. The van der Waals surface area contributed by atoms with Gasteiger partial charge < -0.3 is 15.0 Å². The van der Waals surface area contributed by atoms with Crippen LogP contribution in [0.15, 0.2) is 53.4 Å². The average Bonchev–Trinajstić information content (AvgIpc) is 2.82. The zero-order valence-corrected chi connectivity index (χ0v) is 18.4. The predicted molar refractivity (Wildman–Crippen MR) is 120 cm³/mol. The summed E-state index contributed by atoms with van der Waals surface area (Å²) < 4.78 is 32.3. The van der Waals surface area contributed by atoms with Gasteiger partial charge in [-0.2, -0.15) is 4.31 Å². The number of hydrogen-bond acceptors (Lipinski definition) is 5. The Morgan fingerprint density at radius 2 is 1.84 bits per heavy atom. The van der Waals surface area contributed by atoms with Crippen LogP contribution in [-0.2, 0) is 21.2 Å². The van der Waals surface area contributed by atoms with E-state index < -0.39 is 10.0 Å². The van der Waals surface area contributed by atoms with Crippen molar-refractivity contribution >= 4 is 21.6 Å². The van der Waals surface area contributed by atoms with Crippen LogP contribution in [0.1, 0.15) is 28.8 Å².